The third kappa shape index (κ3) is 3.31. The average molecular weight is 314 g/mol. The van der Waals surface area contributed by atoms with Crippen LogP contribution in [0.4, 0.5) is 11.6 Å². The van der Waals surface area contributed by atoms with Crippen molar-refractivity contribution in [2.45, 2.75) is 19.8 Å². The van der Waals surface area contributed by atoms with Crippen LogP contribution in [0.1, 0.15) is 25.5 Å². The number of hydrogen-bond donors (Lipinski definition) is 2. The molecule has 2 heterocycles. The van der Waals surface area contributed by atoms with E-state index in [0.29, 0.717) is 5.88 Å². The van der Waals surface area contributed by atoms with Crippen LogP contribution in [0.3, 0.4) is 0 Å². The normalized spacial score (nSPS) is 11.1. The van der Waals surface area contributed by atoms with Crippen molar-refractivity contribution in [2.75, 3.05) is 17.2 Å². The molecule has 2 aromatic heterocycles. The minimum atomic E-state index is -0.212. The molecule has 0 aliphatic carbocycles. The highest BCUT2D eigenvalue weighted by Crippen LogP contribution is 2.18. The number of aryl methyl sites for hydroxylation is 1. The first-order chi connectivity index (χ1) is 11.0. The highest BCUT2D eigenvalue weighted by Gasteiger charge is 2.10. The number of nitrogens with one attached hydrogen (secondary N) is 2. The number of aromatic nitrogens is 4. The largest absolute Gasteiger partial charge is 0.376 e. The van der Waals surface area contributed by atoms with E-state index in [-0.39, 0.29) is 18.4 Å². The van der Waals surface area contributed by atoms with Crippen LogP contribution in [-0.4, -0.2) is 32.6 Å². The van der Waals surface area contributed by atoms with E-state index >= 15 is 0 Å². The summed E-state index contributed by atoms with van der Waals surface area (Å²) in [5.74, 6) is 0.391. The number of anilines is 2. The van der Waals surface area contributed by atoms with Crippen LogP contribution < -0.4 is 10.6 Å². The van der Waals surface area contributed by atoms with Crippen molar-refractivity contribution in [2.24, 2.45) is 7.05 Å². The summed E-state index contributed by atoms with van der Waals surface area (Å²) >= 11 is 0. The first-order valence-electron chi connectivity index (χ1n) is 7.32. The summed E-state index contributed by atoms with van der Waals surface area (Å²) in [6.07, 6.45) is 0. The predicted octanol–water partition coefficient (Wildman–Crippen LogP) is 2.13. The summed E-state index contributed by atoms with van der Waals surface area (Å²) in [4.78, 5) is 11.9. The van der Waals surface area contributed by atoms with Gasteiger partial charge in [0.1, 0.15) is 5.52 Å². The molecule has 1 amide bonds. The van der Waals surface area contributed by atoms with Crippen molar-refractivity contribution >= 4 is 28.5 Å². The third-order valence-electron chi connectivity index (χ3n) is 3.45. The van der Waals surface area contributed by atoms with E-state index in [1.54, 1.807) is 10.7 Å². The number of rotatable bonds is 5. The van der Waals surface area contributed by atoms with Crippen LogP contribution >= 0.6 is 0 Å². The maximum absolute atomic E-state index is 11.9. The van der Waals surface area contributed by atoms with Gasteiger partial charge in [0, 0.05) is 18.8 Å². The van der Waals surface area contributed by atoms with Crippen LogP contribution in [0.15, 0.2) is 28.8 Å². The molecule has 8 nitrogen and oxygen atoms in total. The van der Waals surface area contributed by atoms with Gasteiger partial charge in [-0.15, -0.1) is 5.10 Å². The van der Waals surface area contributed by atoms with Crippen LogP contribution in [0.5, 0.6) is 0 Å². The lowest BCUT2D eigenvalue weighted by Gasteiger charge is -2.05. The Labute approximate surface area is 132 Å². The Morgan fingerprint density at radius 2 is 2.17 bits per heavy atom. The molecule has 0 spiro atoms. The van der Waals surface area contributed by atoms with E-state index in [0.717, 1.165) is 22.4 Å². The van der Waals surface area contributed by atoms with Crippen molar-refractivity contribution in [3.8, 4) is 0 Å². The van der Waals surface area contributed by atoms with Gasteiger partial charge in [-0.1, -0.05) is 24.2 Å². The monoisotopic (exact) mass is 314 g/mol. The van der Waals surface area contributed by atoms with Gasteiger partial charge in [0.05, 0.1) is 17.8 Å². The summed E-state index contributed by atoms with van der Waals surface area (Å²) < 4.78 is 6.77. The zero-order valence-electron chi connectivity index (χ0n) is 13.2. The van der Waals surface area contributed by atoms with Crippen LogP contribution in [0, 0.1) is 0 Å². The number of hydrogen-bond acceptors (Lipinski definition) is 6. The maximum Gasteiger partial charge on any atom is 0.246 e. The minimum Gasteiger partial charge on any atom is -0.376 e. The SMILES string of the molecule is CC(C)c1cc(NC(=O)CNc2ccc3c(c2)nnn3C)on1. The predicted molar refractivity (Wildman–Crippen MR) is 86.2 cm³/mol. The Morgan fingerprint density at radius 1 is 1.35 bits per heavy atom. The second kappa shape index (κ2) is 6.07. The Bertz CT molecular complexity index is 835. The molecule has 23 heavy (non-hydrogen) atoms. The average Bonchev–Trinajstić information content (AvgIpc) is 3.13. The van der Waals surface area contributed by atoms with E-state index in [1.807, 2.05) is 39.1 Å². The van der Waals surface area contributed by atoms with Crippen LogP contribution in [0.25, 0.3) is 11.0 Å². The van der Waals surface area contributed by atoms with E-state index in [4.69, 9.17) is 4.52 Å². The number of benzene rings is 1. The van der Waals surface area contributed by atoms with E-state index in [2.05, 4.69) is 26.1 Å². The highest BCUT2D eigenvalue weighted by atomic mass is 16.5. The van der Waals surface area contributed by atoms with Crippen molar-refractivity contribution < 1.29 is 9.32 Å². The zero-order chi connectivity index (χ0) is 16.4. The van der Waals surface area contributed by atoms with E-state index in [1.165, 1.54) is 0 Å². The topological polar surface area (TPSA) is 97.9 Å². The van der Waals surface area contributed by atoms with Gasteiger partial charge in [0.15, 0.2) is 0 Å². The lowest BCUT2D eigenvalue weighted by atomic mass is 10.1. The number of carbonyl (C=O) groups excluding carboxylic acids is 1. The molecule has 0 unspecified atom stereocenters. The Morgan fingerprint density at radius 3 is 2.91 bits per heavy atom. The van der Waals surface area contributed by atoms with Gasteiger partial charge in [-0.05, 0) is 24.1 Å². The lowest BCUT2D eigenvalue weighted by Crippen LogP contribution is -2.21. The van der Waals surface area contributed by atoms with Crippen molar-refractivity contribution in [3.05, 3.63) is 30.0 Å². The smallest absolute Gasteiger partial charge is 0.246 e. The fraction of sp³-hybridized carbons (Fsp3) is 0.333. The molecule has 120 valence electrons. The number of fused-ring (bicyclic) bond motifs is 1. The molecule has 8 heteroatoms. The number of carbonyl (C=O) groups is 1. The van der Waals surface area contributed by atoms with Gasteiger partial charge in [-0.3, -0.25) is 10.1 Å². The second-order valence-corrected chi connectivity index (χ2v) is 5.59. The second-order valence-electron chi connectivity index (χ2n) is 5.59. The molecule has 0 saturated carbocycles. The molecular formula is C15H18N6O2. The van der Waals surface area contributed by atoms with Gasteiger partial charge in [-0.2, -0.15) is 0 Å². The molecule has 0 radical (unpaired) electrons. The summed E-state index contributed by atoms with van der Waals surface area (Å²) in [6, 6.07) is 7.36. The molecule has 2 N–H and O–H groups in total. The molecule has 0 aliphatic rings. The fourth-order valence-corrected chi connectivity index (χ4v) is 2.13. The molecule has 1 aromatic carbocycles. The quantitative estimate of drug-likeness (QED) is 0.748. The molecule has 3 aromatic rings. The molecule has 0 aliphatic heterocycles. The van der Waals surface area contributed by atoms with Crippen molar-refractivity contribution in [1.82, 2.24) is 20.2 Å². The molecule has 0 fully saturated rings. The van der Waals surface area contributed by atoms with Gasteiger partial charge >= 0.3 is 0 Å². The van der Waals surface area contributed by atoms with E-state index in [9.17, 15) is 4.79 Å². The fourth-order valence-electron chi connectivity index (χ4n) is 2.13. The molecule has 0 saturated heterocycles. The number of amides is 1. The van der Waals surface area contributed by atoms with E-state index < -0.39 is 0 Å². The first kappa shape index (κ1) is 15.0. The molecule has 3 rings (SSSR count). The summed E-state index contributed by atoms with van der Waals surface area (Å²) in [5, 5.41) is 17.6. The summed E-state index contributed by atoms with van der Waals surface area (Å²) in [5.41, 5.74) is 3.31. The third-order valence-corrected chi connectivity index (χ3v) is 3.45. The Hall–Kier alpha value is -2.90. The highest BCUT2D eigenvalue weighted by molar-refractivity contribution is 5.93. The van der Waals surface area contributed by atoms with Gasteiger partial charge in [0.25, 0.3) is 0 Å². The molecule has 0 bridgehead atoms. The standard InChI is InChI=1S/C15H18N6O2/c1-9(2)11-7-15(23-19-11)17-14(22)8-16-10-4-5-13-12(6-10)18-20-21(13)3/h4-7,9,16H,8H2,1-3H3,(H,17,22). The van der Waals surface area contributed by atoms with Gasteiger partial charge < -0.3 is 9.84 Å². The van der Waals surface area contributed by atoms with Crippen molar-refractivity contribution in [3.63, 3.8) is 0 Å². The van der Waals surface area contributed by atoms with Crippen molar-refractivity contribution in [1.29, 1.82) is 0 Å². The summed E-state index contributed by atoms with van der Waals surface area (Å²) in [6.45, 7) is 4.13. The van der Waals surface area contributed by atoms with Gasteiger partial charge in [-0.25, -0.2) is 4.68 Å². The maximum atomic E-state index is 11.9. The zero-order valence-corrected chi connectivity index (χ0v) is 13.2. The molecular weight excluding hydrogens is 296 g/mol. The first-order valence-corrected chi connectivity index (χ1v) is 7.32. The van der Waals surface area contributed by atoms with Gasteiger partial charge in [0.2, 0.25) is 11.8 Å². The summed E-state index contributed by atoms with van der Waals surface area (Å²) in [7, 11) is 1.83. The minimum absolute atomic E-state index is 0.115. The van der Waals surface area contributed by atoms with Crippen LogP contribution in [-0.2, 0) is 11.8 Å². The Kier molecular flexibility index (Phi) is 3.96. The Balaban J connectivity index is 1.58. The molecule has 0 atom stereocenters. The van der Waals surface area contributed by atoms with Crippen LogP contribution in [0.2, 0.25) is 0 Å². The number of nitrogens with zero attached hydrogens (tertiary/aromatic N) is 4. The lowest BCUT2D eigenvalue weighted by molar-refractivity contribution is -0.114.